The van der Waals surface area contributed by atoms with Gasteiger partial charge < -0.3 is 14.7 Å². The zero-order chi connectivity index (χ0) is 42.9. The molecule has 312 valence electrons. The number of aliphatic carboxylic acids is 1. The maximum absolute atomic E-state index is 14.1. The first-order chi connectivity index (χ1) is 28.9. The van der Waals surface area contributed by atoms with Crippen LogP contribution in [-0.2, 0) is 38.0 Å². The Morgan fingerprint density at radius 1 is 0.933 bits per heavy atom. The number of nitriles is 1. The van der Waals surface area contributed by atoms with Gasteiger partial charge in [0.2, 0.25) is 5.69 Å². The van der Waals surface area contributed by atoms with Gasteiger partial charge in [0.05, 0.1) is 23.7 Å². The van der Waals surface area contributed by atoms with Gasteiger partial charge in [0.1, 0.15) is 6.54 Å². The second kappa shape index (κ2) is 19.6. The molecule has 2 heterocycles. The molecule has 0 aromatic heterocycles. The number of carboxylic acid groups (broad SMARTS) is 1. The number of allylic oxidation sites excluding steroid dienone is 4. The number of rotatable bonds is 20. The number of carboxylic acids is 1. The summed E-state index contributed by atoms with van der Waals surface area (Å²) >= 11 is 6.88. The van der Waals surface area contributed by atoms with Crippen molar-refractivity contribution in [2.24, 2.45) is 0 Å². The van der Waals surface area contributed by atoms with E-state index in [1.54, 1.807) is 12.1 Å². The fraction of sp³-hybridized carbons (Fsp3) is 0.360. The number of nitrogens with zero attached hydrogens (tertiary/aromatic N) is 3. The summed E-state index contributed by atoms with van der Waals surface area (Å²) in [6.45, 7) is 8.11. The SMILES string of the molecule is Cc1ccccc1CC1(Cc2ccccc2)C(/C=C(C#N)/C=C2\N(CCCCCC(=O)O)c3ccc(C(F)F)cc3C2(C)C)=[N+](CCCCCOC=O)c2ccc(Cl)cc21. The Labute approximate surface area is 357 Å². The summed E-state index contributed by atoms with van der Waals surface area (Å²) in [5.74, 6) is -0.841. The van der Waals surface area contributed by atoms with Crippen LogP contribution in [0.25, 0.3) is 0 Å². The molecule has 0 bridgehead atoms. The number of carbonyl (C=O) groups is 2. The van der Waals surface area contributed by atoms with Crippen LogP contribution in [0.2, 0.25) is 5.02 Å². The standard InChI is InChI=1S/C50H52ClF2N3O4/c1-35-15-10-11-18-39(35)32-50(31-36-16-7-4-8-17-36)42-30-40(51)21-23-44(42)56(25-13-6-14-26-60-34-57)46(50)28-37(33-54)27-45-49(2,3)41-29-38(48(52)53)20-22-43(41)55(45)24-12-5-9-19-47(58)59/h4,7-8,10-11,15-18,20-23,27-30,34,48H,5-6,9,12-14,19,24-26,31-32H2,1-3H3/p+1. The molecule has 60 heavy (non-hydrogen) atoms. The summed E-state index contributed by atoms with van der Waals surface area (Å²) in [6.07, 6.45) is 6.83. The fourth-order valence-electron chi connectivity index (χ4n) is 8.96. The van der Waals surface area contributed by atoms with E-state index in [9.17, 15) is 28.7 Å². The fourth-order valence-corrected chi connectivity index (χ4v) is 9.13. The first-order valence-corrected chi connectivity index (χ1v) is 21.1. The quantitative estimate of drug-likeness (QED) is 0.0413. The van der Waals surface area contributed by atoms with E-state index in [1.807, 2.05) is 56.3 Å². The van der Waals surface area contributed by atoms with Gasteiger partial charge in [-0.25, -0.2) is 8.78 Å². The number of fused-ring (bicyclic) bond motifs is 2. The number of ether oxygens (including phenoxy) is 1. The van der Waals surface area contributed by atoms with Crippen LogP contribution in [-0.4, -0.2) is 47.5 Å². The predicted molar refractivity (Wildman–Crippen MR) is 233 cm³/mol. The first-order valence-electron chi connectivity index (χ1n) is 20.7. The molecular formula is C50H53ClF2N3O4+. The van der Waals surface area contributed by atoms with E-state index in [-0.39, 0.29) is 12.0 Å². The summed E-state index contributed by atoms with van der Waals surface area (Å²) in [7, 11) is 0. The lowest BCUT2D eigenvalue weighted by molar-refractivity contribution is -0.438. The molecular weight excluding hydrogens is 780 g/mol. The Bertz CT molecular complexity index is 2330. The summed E-state index contributed by atoms with van der Waals surface area (Å²) in [5, 5.41) is 21.0. The predicted octanol–water partition coefficient (Wildman–Crippen LogP) is 11.5. The van der Waals surface area contributed by atoms with Gasteiger partial charge in [-0.3, -0.25) is 9.59 Å². The van der Waals surface area contributed by atoms with Crippen LogP contribution in [0.5, 0.6) is 0 Å². The molecule has 0 amide bonds. The second-order valence-corrected chi connectivity index (χ2v) is 16.8. The van der Waals surface area contributed by atoms with Gasteiger partial charge in [0.25, 0.3) is 12.9 Å². The maximum Gasteiger partial charge on any atom is 0.303 e. The summed E-state index contributed by atoms with van der Waals surface area (Å²) < 4.78 is 35.5. The van der Waals surface area contributed by atoms with Crippen LogP contribution >= 0.6 is 11.6 Å². The van der Waals surface area contributed by atoms with Gasteiger partial charge in [-0.2, -0.15) is 9.84 Å². The molecule has 0 saturated carbocycles. The Balaban J connectivity index is 1.55. The molecule has 0 aliphatic carbocycles. The van der Waals surface area contributed by atoms with Gasteiger partial charge in [-0.15, -0.1) is 0 Å². The Morgan fingerprint density at radius 2 is 1.68 bits per heavy atom. The van der Waals surface area contributed by atoms with Crippen molar-refractivity contribution in [3.8, 4) is 6.07 Å². The molecule has 1 atom stereocenters. The highest BCUT2D eigenvalue weighted by molar-refractivity contribution is 6.30. The summed E-state index contributed by atoms with van der Waals surface area (Å²) in [5.41, 5.74) is 7.81. The number of hydrogen-bond acceptors (Lipinski definition) is 5. The number of hydrogen-bond donors (Lipinski definition) is 1. The molecule has 0 spiro atoms. The average molecular weight is 833 g/mol. The van der Waals surface area contributed by atoms with Crippen LogP contribution in [0.3, 0.4) is 0 Å². The molecule has 2 aliphatic rings. The Hall–Kier alpha value is -5.59. The van der Waals surface area contributed by atoms with Crippen molar-refractivity contribution >= 4 is 41.1 Å². The van der Waals surface area contributed by atoms with Crippen LogP contribution in [0.1, 0.15) is 98.6 Å². The molecule has 0 saturated heterocycles. The smallest absolute Gasteiger partial charge is 0.303 e. The van der Waals surface area contributed by atoms with Crippen molar-refractivity contribution in [1.29, 1.82) is 5.26 Å². The molecule has 0 radical (unpaired) electrons. The van der Waals surface area contributed by atoms with Gasteiger partial charge in [0.15, 0.2) is 5.71 Å². The number of anilines is 1. The molecule has 1 N–H and O–H groups in total. The van der Waals surface area contributed by atoms with Crippen molar-refractivity contribution in [2.45, 2.75) is 95.8 Å². The lowest BCUT2D eigenvalue weighted by Gasteiger charge is -2.30. The van der Waals surface area contributed by atoms with Gasteiger partial charge in [-0.05, 0) is 98.0 Å². The molecule has 4 aromatic carbocycles. The van der Waals surface area contributed by atoms with Crippen molar-refractivity contribution in [3.63, 3.8) is 0 Å². The lowest BCUT2D eigenvalue weighted by atomic mass is 9.68. The van der Waals surface area contributed by atoms with Crippen LogP contribution in [0, 0.1) is 18.3 Å². The van der Waals surface area contributed by atoms with Crippen molar-refractivity contribution in [3.05, 3.63) is 153 Å². The third-order valence-electron chi connectivity index (χ3n) is 12.0. The highest BCUT2D eigenvalue weighted by Crippen LogP contribution is 2.50. The summed E-state index contributed by atoms with van der Waals surface area (Å²) in [4.78, 5) is 24.2. The number of unbranched alkanes of at least 4 members (excludes halogenated alkanes) is 4. The van der Waals surface area contributed by atoms with Crippen molar-refractivity contribution in [1.82, 2.24) is 0 Å². The van der Waals surface area contributed by atoms with Crippen LogP contribution in [0.4, 0.5) is 20.2 Å². The second-order valence-electron chi connectivity index (χ2n) is 16.4. The van der Waals surface area contributed by atoms with Gasteiger partial charge >= 0.3 is 5.97 Å². The average Bonchev–Trinajstić information content (AvgIpc) is 3.58. The zero-order valence-electron chi connectivity index (χ0n) is 34.6. The molecule has 6 rings (SSSR count). The molecule has 1 unspecified atom stereocenters. The molecule has 2 aliphatic heterocycles. The van der Waals surface area contributed by atoms with E-state index >= 15 is 0 Å². The monoisotopic (exact) mass is 832 g/mol. The number of carbonyl (C=O) groups excluding carboxylic acids is 1. The highest BCUT2D eigenvalue weighted by Gasteiger charge is 2.52. The number of alkyl halides is 2. The van der Waals surface area contributed by atoms with Gasteiger partial charge in [0, 0.05) is 64.5 Å². The normalized spacial score (nSPS) is 17.5. The van der Waals surface area contributed by atoms with Crippen LogP contribution in [0.15, 0.2) is 114 Å². The topological polar surface area (TPSA) is 93.6 Å². The van der Waals surface area contributed by atoms with E-state index < -0.39 is 23.2 Å². The Morgan fingerprint density at radius 3 is 2.40 bits per heavy atom. The molecule has 0 fully saturated rings. The van der Waals surface area contributed by atoms with Crippen molar-refractivity contribution < 1.29 is 32.8 Å². The molecule has 7 nitrogen and oxygen atoms in total. The number of halogens is 3. The lowest BCUT2D eigenvalue weighted by Crippen LogP contribution is -2.39. The Kier molecular flexibility index (Phi) is 14.4. The largest absolute Gasteiger partial charge is 0.481 e. The molecule has 4 aromatic rings. The van der Waals surface area contributed by atoms with E-state index in [4.69, 9.17) is 16.3 Å². The van der Waals surface area contributed by atoms with E-state index in [0.717, 1.165) is 57.9 Å². The highest BCUT2D eigenvalue weighted by atomic mass is 35.5. The van der Waals surface area contributed by atoms with Crippen molar-refractivity contribution in [2.75, 3.05) is 24.6 Å². The maximum atomic E-state index is 14.1. The first kappa shape index (κ1) is 44.0. The third-order valence-corrected chi connectivity index (χ3v) is 12.2. The van der Waals surface area contributed by atoms with E-state index in [1.165, 1.54) is 11.6 Å². The minimum Gasteiger partial charge on any atom is -0.481 e. The summed E-state index contributed by atoms with van der Waals surface area (Å²) in [6, 6.07) is 32.1. The zero-order valence-corrected chi connectivity index (χ0v) is 35.4. The van der Waals surface area contributed by atoms with Gasteiger partial charge in [-0.1, -0.05) is 92.5 Å². The van der Waals surface area contributed by atoms with Crippen LogP contribution < -0.4 is 4.90 Å². The third kappa shape index (κ3) is 9.71. The van der Waals surface area contributed by atoms with E-state index in [0.29, 0.717) is 75.3 Å². The van der Waals surface area contributed by atoms with E-state index in [2.05, 4.69) is 64.9 Å². The minimum atomic E-state index is -2.64. The number of aryl methyl sites for hydroxylation is 1. The molecule has 10 heteroatoms. The number of benzene rings is 4. The minimum absolute atomic E-state index is 0.0614.